The molecule has 1 atom stereocenters. The van der Waals surface area contributed by atoms with Crippen molar-refractivity contribution < 1.29 is 19.1 Å². The molecule has 1 saturated heterocycles. The number of nitrogens with zero attached hydrogens (tertiary/aromatic N) is 2. The molecule has 1 fully saturated rings. The zero-order chi connectivity index (χ0) is 12.3. The molecule has 0 saturated carbocycles. The van der Waals surface area contributed by atoms with Crippen molar-refractivity contribution in [3.63, 3.8) is 0 Å². The van der Waals surface area contributed by atoms with Crippen molar-refractivity contribution in [1.29, 1.82) is 5.26 Å². The molecule has 0 radical (unpaired) electrons. The number of ether oxygens (including phenoxy) is 2. The summed E-state index contributed by atoms with van der Waals surface area (Å²) in [5, 5.41) is 8.64. The van der Waals surface area contributed by atoms with E-state index >= 15 is 0 Å². The molecule has 6 heteroatoms. The predicted octanol–water partition coefficient (Wildman–Crippen LogP) is 1.01. The van der Waals surface area contributed by atoms with Crippen molar-refractivity contribution in [2.24, 2.45) is 0 Å². The summed E-state index contributed by atoms with van der Waals surface area (Å²) in [5.41, 5.74) is 1.09. The molecule has 1 aromatic carbocycles. The third kappa shape index (κ3) is 2.18. The number of hydrogen-bond acceptors (Lipinski definition) is 5. The fourth-order valence-electron chi connectivity index (χ4n) is 1.50. The van der Waals surface area contributed by atoms with E-state index < -0.39 is 12.4 Å². The average molecular weight is 232 g/mol. The minimum Gasteiger partial charge on any atom is -0.425 e. The summed E-state index contributed by atoms with van der Waals surface area (Å²) in [4.78, 5) is 22.9. The highest BCUT2D eigenvalue weighted by Crippen LogP contribution is 2.22. The van der Waals surface area contributed by atoms with E-state index in [1.165, 1.54) is 4.90 Å². The topological polar surface area (TPSA) is 79.6 Å². The van der Waals surface area contributed by atoms with Gasteiger partial charge in [0.2, 0.25) is 0 Å². The first-order valence-corrected chi connectivity index (χ1v) is 4.82. The number of amides is 1. The Kier molecular flexibility index (Phi) is 2.92. The molecule has 86 valence electrons. The molecule has 17 heavy (non-hydrogen) atoms. The Morgan fingerprint density at radius 1 is 1.47 bits per heavy atom. The Morgan fingerprint density at radius 2 is 2.18 bits per heavy atom. The highest BCUT2D eigenvalue weighted by Gasteiger charge is 2.33. The molecule has 0 N–H and O–H groups in total. The molecular formula is C11H8N2O4. The summed E-state index contributed by atoms with van der Waals surface area (Å²) in [5.74, 6) is 0. The van der Waals surface area contributed by atoms with Crippen molar-refractivity contribution >= 4 is 18.3 Å². The van der Waals surface area contributed by atoms with Crippen LogP contribution in [0.5, 0.6) is 0 Å². The molecule has 0 spiro atoms. The maximum absolute atomic E-state index is 11.5. The molecule has 0 aromatic heterocycles. The lowest BCUT2D eigenvalue weighted by Crippen LogP contribution is -2.24. The molecule has 1 aromatic rings. The number of carbonyl (C=O) groups is 2. The molecule has 1 unspecified atom stereocenters. The Balaban J connectivity index is 2.14. The number of cyclic esters (lactones) is 1. The van der Waals surface area contributed by atoms with Gasteiger partial charge < -0.3 is 9.47 Å². The first-order valence-electron chi connectivity index (χ1n) is 4.82. The Bertz CT molecular complexity index is 477. The van der Waals surface area contributed by atoms with Crippen LogP contribution in [0.15, 0.2) is 24.3 Å². The van der Waals surface area contributed by atoms with E-state index in [1.54, 1.807) is 24.3 Å². The van der Waals surface area contributed by atoms with Crippen LogP contribution in [0.4, 0.5) is 10.5 Å². The number of carbonyl (C=O) groups excluding carboxylic acids is 2. The zero-order valence-electron chi connectivity index (χ0n) is 8.70. The Hall–Kier alpha value is -2.55. The van der Waals surface area contributed by atoms with E-state index in [0.717, 1.165) is 0 Å². The standard InChI is InChI=1S/C11H8N2O4/c12-5-8-1-3-9(4-2-8)13-6-10(16-7-14)17-11(13)15/h1-4,7,10H,6H2. The third-order valence-corrected chi connectivity index (χ3v) is 2.30. The van der Waals surface area contributed by atoms with E-state index in [2.05, 4.69) is 4.74 Å². The van der Waals surface area contributed by atoms with Gasteiger partial charge in [-0.2, -0.15) is 5.26 Å². The lowest BCUT2D eigenvalue weighted by Gasteiger charge is -2.11. The summed E-state index contributed by atoms with van der Waals surface area (Å²) in [7, 11) is 0. The number of anilines is 1. The van der Waals surface area contributed by atoms with Gasteiger partial charge in [-0.05, 0) is 24.3 Å². The van der Waals surface area contributed by atoms with E-state index in [4.69, 9.17) is 10.00 Å². The third-order valence-electron chi connectivity index (χ3n) is 2.30. The highest BCUT2D eigenvalue weighted by atomic mass is 16.7. The van der Waals surface area contributed by atoms with Gasteiger partial charge in [0.05, 0.1) is 11.6 Å². The van der Waals surface area contributed by atoms with Gasteiger partial charge in [0.15, 0.2) is 0 Å². The van der Waals surface area contributed by atoms with Gasteiger partial charge >= 0.3 is 6.09 Å². The van der Waals surface area contributed by atoms with Gasteiger partial charge in [-0.3, -0.25) is 9.69 Å². The summed E-state index contributed by atoms with van der Waals surface area (Å²) in [6, 6.07) is 8.42. The second-order valence-corrected chi connectivity index (χ2v) is 3.31. The molecule has 6 nitrogen and oxygen atoms in total. The Labute approximate surface area is 97.0 Å². The average Bonchev–Trinajstić information content (AvgIpc) is 2.71. The van der Waals surface area contributed by atoms with Crippen molar-refractivity contribution in [2.75, 3.05) is 11.4 Å². The van der Waals surface area contributed by atoms with Crippen LogP contribution in [0.2, 0.25) is 0 Å². The summed E-state index contributed by atoms with van der Waals surface area (Å²) in [6.45, 7) is 0.379. The summed E-state index contributed by atoms with van der Waals surface area (Å²) < 4.78 is 9.35. The van der Waals surface area contributed by atoms with Crippen molar-refractivity contribution in [3.8, 4) is 6.07 Å². The fraction of sp³-hybridized carbons (Fsp3) is 0.182. The maximum Gasteiger partial charge on any atom is 0.417 e. The normalized spacial score (nSPS) is 18.4. The fourth-order valence-corrected chi connectivity index (χ4v) is 1.50. The van der Waals surface area contributed by atoms with Crippen LogP contribution in [0.25, 0.3) is 0 Å². The van der Waals surface area contributed by atoms with Crippen molar-refractivity contribution in [2.45, 2.75) is 6.29 Å². The van der Waals surface area contributed by atoms with Gasteiger partial charge in [0.25, 0.3) is 12.8 Å². The van der Waals surface area contributed by atoms with Crippen LogP contribution < -0.4 is 4.90 Å². The van der Waals surface area contributed by atoms with Gasteiger partial charge in [-0.15, -0.1) is 0 Å². The van der Waals surface area contributed by atoms with Crippen LogP contribution in [0.3, 0.4) is 0 Å². The monoisotopic (exact) mass is 232 g/mol. The minimum atomic E-state index is -0.879. The lowest BCUT2D eigenvalue weighted by molar-refractivity contribution is -0.146. The van der Waals surface area contributed by atoms with Crippen molar-refractivity contribution in [1.82, 2.24) is 0 Å². The number of rotatable bonds is 3. The second-order valence-electron chi connectivity index (χ2n) is 3.31. The van der Waals surface area contributed by atoms with Gasteiger partial charge in [-0.1, -0.05) is 0 Å². The molecule has 0 bridgehead atoms. The molecule has 0 aliphatic carbocycles. The van der Waals surface area contributed by atoms with Crippen LogP contribution in [-0.2, 0) is 14.3 Å². The van der Waals surface area contributed by atoms with E-state index in [9.17, 15) is 9.59 Å². The summed E-state index contributed by atoms with van der Waals surface area (Å²) in [6.07, 6.45) is -1.46. The SMILES string of the molecule is N#Cc1ccc(N2CC(OC=O)OC2=O)cc1. The van der Waals surface area contributed by atoms with Crippen LogP contribution >= 0.6 is 0 Å². The van der Waals surface area contributed by atoms with Crippen LogP contribution in [0.1, 0.15) is 5.56 Å². The van der Waals surface area contributed by atoms with E-state index in [1.807, 2.05) is 6.07 Å². The number of nitriles is 1. The quantitative estimate of drug-likeness (QED) is 0.726. The molecule has 2 rings (SSSR count). The Morgan fingerprint density at radius 3 is 2.76 bits per heavy atom. The predicted molar refractivity (Wildman–Crippen MR) is 55.9 cm³/mol. The largest absolute Gasteiger partial charge is 0.425 e. The van der Waals surface area contributed by atoms with Gasteiger partial charge in [-0.25, -0.2) is 4.79 Å². The first-order chi connectivity index (χ1) is 8.24. The van der Waals surface area contributed by atoms with Crippen molar-refractivity contribution in [3.05, 3.63) is 29.8 Å². The molecule has 1 amide bonds. The number of benzene rings is 1. The number of hydrogen-bond donors (Lipinski definition) is 0. The van der Waals surface area contributed by atoms with E-state index in [0.29, 0.717) is 11.3 Å². The first kappa shape index (κ1) is 11.0. The second kappa shape index (κ2) is 4.53. The molecule has 1 aliphatic rings. The smallest absolute Gasteiger partial charge is 0.417 e. The zero-order valence-corrected chi connectivity index (χ0v) is 8.70. The van der Waals surface area contributed by atoms with Crippen LogP contribution in [-0.4, -0.2) is 25.4 Å². The van der Waals surface area contributed by atoms with Gasteiger partial charge in [0.1, 0.15) is 6.54 Å². The van der Waals surface area contributed by atoms with Gasteiger partial charge in [0, 0.05) is 5.69 Å². The maximum atomic E-state index is 11.5. The summed E-state index contributed by atoms with van der Waals surface area (Å²) >= 11 is 0. The highest BCUT2D eigenvalue weighted by molar-refractivity contribution is 5.89. The van der Waals surface area contributed by atoms with Crippen LogP contribution in [0, 0.1) is 11.3 Å². The van der Waals surface area contributed by atoms with E-state index in [-0.39, 0.29) is 13.0 Å². The lowest BCUT2D eigenvalue weighted by atomic mass is 10.2. The minimum absolute atomic E-state index is 0.142. The molecular weight excluding hydrogens is 224 g/mol. The molecule has 1 aliphatic heterocycles. The molecule has 1 heterocycles.